The van der Waals surface area contributed by atoms with Crippen molar-refractivity contribution < 1.29 is 34.0 Å². The van der Waals surface area contributed by atoms with Crippen LogP contribution in [-0.4, -0.2) is 95.0 Å². The van der Waals surface area contributed by atoms with E-state index < -0.39 is 11.7 Å². The molecule has 0 aromatic heterocycles. The van der Waals surface area contributed by atoms with Crippen LogP contribution in [0, 0.1) is 6.92 Å². The molecule has 11 heteroatoms. The first kappa shape index (κ1) is 35.0. The topological polar surface area (TPSA) is 124 Å². The lowest BCUT2D eigenvalue weighted by molar-refractivity contribution is 0.0476. The second kappa shape index (κ2) is 15.7. The van der Waals surface area contributed by atoms with E-state index in [1.54, 1.807) is 11.8 Å². The largest absolute Gasteiger partial charge is 0.507 e. The highest BCUT2D eigenvalue weighted by Gasteiger charge is 2.31. The smallest absolute Gasteiger partial charge is 0.407 e. The zero-order valence-electron chi connectivity index (χ0n) is 28.5. The van der Waals surface area contributed by atoms with Gasteiger partial charge in [0.05, 0.1) is 13.2 Å². The number of fused-ring (bicyclic) bond motifs is 1. The molecule has 0 atom stereocenters. The minimum Gasteiger partial charge on any atom is -0.507 e. The molecule has 3 N–H and O–H groups in total. The molecule has 0 radical (unpaired) electrons. The van der Waals surface area contributed by atoms with E-state index in [1.165, 1.54) is 11.6 Å². The molecule has 0 spiro atoms. The van der Waals surface area contributed by atoms with Gasteiger partial charge in [0, 0.05) is 70.5 Å². The third-order valence-electron chi connectivity index (χ3n) is 8.54. The number of hydrogen-bond acceptors (Lipinski definition) is 9. The number of phenols is 2. The van der Waals surface area contributed by atoms with Crippen LogP contribution >= 0.6 is 0 Å². The van der Waals surface area contributed by atoms with Gasteiger partial charge in [-0.05, 0) is 49.9 Å². The summed E-state index contributed by atoms with van der Waals surface area (Å²) in [5.74, 6) is -0.571. The molecule has 1 fully saturated rings. The summed E-state index contributed by atoms with van der Waals surface area (Å²) in [5, 5.41) is 23.9. The van der Waals surface area contributed by atoms with Crippen LogP contribution in [0.25, 0.3) is 0 Å². The summed E-state index contributed by atoms with van der Waals surface area (Å²) in [4.78, 5) is 32.1. The lowest BCUT2D eigenvalue weighted by Gasteiger charge is -2.34. The minimum absolute atomic E-state index is 0.0648. The van der Waals surface area contributed by atoms with E-state index >= 15 is 0 Å². The predicted octanol–water partition coefficient (Wildman–Crippen LogP) is 4.80. The first-order valence-corrected chi connectivity index (χ1v) is 16.6. The van der Waals surface area contributed by atoms with Crippen LogP contribution in [0.5, 0.6) is 17.2 Å². The normalized spacial score (nSPS) is 15.3. The summed E-state index contributed by atoms with van der Waals surface area (Å²) in [6.45, 7) is 15.2. The number of nitrogens with one attached hydrogen (secondary N) is 1. The number of ether oxygens (including phenoxy) is 3. The number of piperazine rings is 1. The third kappa shape index (κ3) is 9.40. The van der Waals surface area contributed by atoms with Crippen LogP contribution in [0.3, 0.4) is 0 Å². The van der Waals surface area contributed by atoms with Gasteiger partial charge in [-0.3, -0.25) is 14.6 Å². The fourth-order valence-corrected chi connectivity index (χ4v) is 5.96. The van der Waals surface area contributed by atoms with E-state index in [2.05, 4.69) is 33.3 Å². The third-order valence-corrected chi connectivity index (χ3v) is 8.54. The van der Waals surface area contributed by atoms with Gasteiger partial charge in [-0.25, -0.2) is 4.79 Å². The quantitative estimate of drug-likeness (QED) is 0.235. The van der Waals surface area contributed by atoms with Crippen LogP contribution in [0.15, 0.2) is 54.6 Å². The number of phenolic OH excluding ortho intramolecular Hbond substituents is 2. The van der Waals surface area contributed by atoms with E-state index in [9.17, 15) is 19.8 Å². The molecule has 11 nitrogen and oxygen atoms in total. The van der Waals surface area contributed by atoms with Crippen LogP contribution < -0.4 is 10.1 Å². The second-order valence-corrected chi connectivity index (χ2v) is 13.4. The van der Waals surface area contributed by atoms with Crippen molar-refractivity contribution in [2.45, 2.75) is 59.5 Å². The second-order valence-electron chi connectivity index (χ2n) is 13.4. The van der Waals surface area contributed by atoms with Gasteiger partial charge in [0.15, 0.2) is 0 Å². The molecule has 5 rings (SSSR count). The molecule has 0 saturated carbocycles. The minimum atomic E-state index is -0.514. The predicted molar refractivity (Wildman–Crippen MR) is 182 cm³/mol. The average molecular weight is 661 g/mol. The average Bonchev–Trinajstić information content (AvgIpc) is 3.47. The van der Waals surface area contributed by atoms with Crippen LogP contribution in [0.4, 0.5) is 4.79 Å². The molecular formula is C37H48N4O7. The molecule has 0 bridgehead atoms. The Morgan fingerprint density at radius 2 is 1.56 bits per heavy atom. The lowest BCUT2D eigenvalue weighted by atomic mass is 10.1. The summed E-state index contributed by atoms with van der Waals surface area (Å²) >= 11 is 0. The summed E-state index contributed by atoms with van der Waals surface area (Å²) in [7, 11) is 0. The van der Waals surface area contributed by atoms with E-state index in [4.69, 9.17) is 14.2 Å². The SMILES string of the molecule is Cc1c(O)cc(O)c(C(=O)N2Cc3ccc(CN4CCN(CCOCCNC(=O)OC(C)(C)C)CC4)cc3C2)c1OCc1ccccc1. The molecular weight excluding hydrogens is 612 g/mol. The summed E-state index contributed by atoms with van der Waals surface area (Å²) in [6.07, 6.45) is -0.431. The molecule has 48 heavy (non-hydrogen) atoms. The van der Waals surface area contributed by atoms with Gasteiger partial charge in [0.25, 0.3) is 5.91 Å². The van der Waals surface area contributed by atoms with Gasteiger partial charge in [-0.1, -0.05) is 48.5 Å². The highest BCUT2D eigenvalue weighted by Crippen LogP contribution is 2.40. The molecule has 3 aromatic rings. The Hall–Kier alpha value is -4.32. The summed E-state index contributed by atoms with van der Waals surface area (Å²) in [6, 6.07) is 17.2. The van der Waals surface area contributed by atoms with E-state index in [0.29, 0.717) is 38.4 Å². The Kier molecular flexibility index (Phi) is 11.5. The monoisotopic (exact) mass is 660 g/mol. The Labute approximate surface area is 283 Å². The maximum Gasteiger partial charge on any atom is 0.407 e. The summed E-state index contributed by atoms with van der Waals surface area (Å²) < 4.78 is 17.0. The highest BCUT2D eigenvalue weighted by atomic mass is 16.6. The number of hydrogen-bond donors (Lipinski definition) is 3. The molecule has 258 valence electrons. The van der Waals surface area contributed by atoms with E-state index in [-0.39, 0.29) is 35.3 Å². The number of amides is 2. The van der Waals surface area contributed by atoms with Crippen molar-refractivity contribution >= 4 is 12.0 Å². The van der Waals surface area contributed by atoms with E-state index in [1.807, 2.05) is 51.1 Å². The number of nitrogens with zero attached hydrogens (tertiary/aromatic N) is 3. The highest BCUT2D eigenvalue weighted by molar-refractivity contribution is 6.00. The van der Waals surface area contributed by atoms with Gasteiger partial charge in [0.1, 0.15) is 35.0 Å². The van der Waals surface area contributed by atoms with Gasteiger partial charge in [-0.2, -0.15) is 0 Å². The lowest BCUT2D eigenvalue weighted by Crippen LogP contribution is -2.46. The molecule has 2 aliphatic heterocycles. The zero-order valence-corrected chi connectivity index (χ0v) is 28.5. The molecule has 2 aliphatic rings. The molecule has 2 heterocycles. The Bertz CT molecular complexity index is 1570. The van der Waals surface area contributed by atoms with Crippen molar-refractivity contribution in [1.29, 1.82) is 0 Å². The fourth-order valence-electron chi connectivity index (χ4n) is 5.96. The number of rotatable bonds is 12. The number of carbonyl (C=O) groups is 2. The van der Waals surface area contributed by atoms with Crippen LogP contribution in [-0.2, 0) is 35.7 Å². The number of alkyl carbamates (subject to hydrolysis) is 1. The number of aromatic hydroxyl groups is 2. The van der Waals surface area contributed by atoms with Crippen molar-refractivity contribution in [2.24, 2.45) is 0 Å². The van der Waals surface area contributed by atoms with Crippen molar-refractivity contribution in [2.75, 3.05) is 52.5 Å². The van der Waals surface area contributed by atoms with Crippen LogP contribution in [0.2, 0.25) is 0 Å². The van der Waals surface area contributed by atoms with Crippen molar-refractivity contribution in [3.63, 3.8) is 0 Å². The maximum absolute atomic E-state index is 13.8. The Balaban J connectivity index is 1.09. The van der Waals surface area contributed by atoms with Crippen LogP contribution in [0.1, 0.15) is 58.9 Å². The molecule has 2 amide bonds. The van der Waals surface area contributed by atoms with Gasteiger partial charge in [-0.15, -0.1) is 0 Å². The molecule has 0 aliphatic carbocycles. The Morgan fingerprint density at radius 3 is 2.29 bits per heavy atom. The number of benzene rings is 3. The van der Waals surface area contributed by atoms with Gasteiger partial charge in [0.2, 0.25) is 0 Å². The van der Waals surface area contributed by atoms with Gasteiger partial charge >= 0.3 is 6.09 Å². The first-order chi connectivity index (χ1) is 23.0. The number of carbonyl (C=O) groups excluding carboxylic acids is 2. The Morgan fingerprint density at radius 1 is 0.854 bits per heavy atom. The van der Waals surface area contributed by atoms with Crippen molar-refractivity contribution in [3.8, 4) is 17.2 Å². The zero-order chi connectivity index (χ0) is 34.3. The van der Waals surface area contributed by atoms with E-state index in [0.717, 1.165) is 56.0 Å². The molecule has 3 aromatic carbocycles. The first-order valence-electron chi connectivity index (χ1n) is 16.6. The van der Waals surface area contributed by atoms with Crippen molar-refractivity contribution in [3.05, 3.63) is 88.0 Å². The molecule has 1 saturated heterocycles. The van der Waals surface area contributed by atoms with Gasteiger partial charge < -0.3 is 34.6 Å². The van der Waals surface area contributed by atoms with Crippen molar-refractivity contribution in [1.82, 2.24) is 20.0 Å². The standard InChI is InChI=1S/C37H48N4O7/c1-26-31(42)21-32(43)33(34(26)47-25-27-8-6-5-7-9-27)35(44)41-23-29-11-10-28(20-30(29)24-41)22-40-15-13-39(14-16-40)17-19-46-18-12-38-36(45)48-37(2,3)4/h5-11,20-21,42-43H,12-19,22-25H2,1-4H3,(H,38,45). The summed E-state index contributed by atoms with van der Waals surface area (Å²) in [5.41, 5.74) is 4.25. The molecule has 0 unspecified atom stereocenters. The fraction of sp³-hybridized carbons (Fsp3) is 0.459. The maximum atomic E-state index is 13.8.